The van der Waals surface area contributed by atoms with Crippen LogP contribution in [-0.4, -0.2) is 69.7 Å². The van der Waals surface area contributed by atoms with Gasteiger partial charge in [0.1, 0.15) is 17.9 Å². The number of carbonyl (C=O) groups excluding carboxylic acids is 1. The van der Waals surface area contributed by atoms with E-state index in [0.29, 0.717) is 42.8 Å². The van der Waals surface area contributed by atoms with Crippen molar-refractivity contribution in [3.8, 4) is 12.1 Å². The molecule has 2 aliphatic rings. The van der Waals surface area contributed by atoms with E-state index < -0.39 is 11.9 Å². The van der Waals surface area contributed by atoms with Gasteiger partial charge in [-0.2, -0.15) is 10.5 Å². The molecule has 1 aromatic rings. The number of hydrogen-bond acceptors (Lipinski definition) is 8. The Labute approximate surface area is 197 Å². The molecule has 11 nitrogen and oxygen atoms in total. The van der Waals surface area contributed by atoms with Crippen molar-refractivity contribution in [3.05, 3.63) is 36.0 Å². The molecule has 1 saturated carbocycles. The number of amides is 1. The first-order valence-electron chi connectivity index (χ1n) is 11.0. The van der Waals surface area contributed by atoms with Crippen LogP contribution < -0.4 is 10.6 Å². The fraction of sp³-hybridized carbons (Fsp3) is 0.478. The fourth-order valence-electron chi connectivity index (χ4n) is 3.93. The number of aliphatic carboxylic acids is 2. The topological polar surface area (TPSA) is 179 Å². The Hall–Kier alpha value is -3.96. The largest absolute Gasteiger partial charge is 0.478 e. The van der Waals surface area contributed by atoms with E-state index in [9.17, 15) is 14.4 Å². The summed E-state index contributed by atoms with van der Waals surface area (Å²) in [6, 6.07) is 7.96. The molecule has 2 heterocycles. The number of carboxylic acid groups (broad SMARTS) is 2. The summed E-state index contributed by atoms with van der Waals surface area (Å²) in [7, 11) is 0. The quantitative estimate of drug-likeness (QED) is 0.407. The summed E-state index contributed by atoms with van der Waals surface area (Å²) in [6.45, 7) is 1.86. The van der Waals surface area contributed by atoms with Crippen LogP contribution in [0.5, 0.6) is 0 Å². The van der Waals surface area contributed by atoms with Crippen molar-refractivity contribution < 1.29 is 24.6 Å². The minimum Gasteiger partial charge on any atom is -0.478 e. The van der Waals surface area contributed by atoms with Gasteiger partial charge in [0.25, 0.3) is 0 Å². The number of nitrogens with zero attached hydrogens (tertiary/aromatic N) is 4. The van der Waals surface area contributed by atoms with Gasteiger partial charge >= 0.3 is 11.9 Å². The number of aromatic nitrogens is 1. The second kappa shape index (κ2) is 13.6. The Bertz CT molecular complexity index is 950. The zero-order valence-electron chi connectivity index (χ0n) is 18.7. The Morgan fingerprint density at radius 3 is 2.47 bits per heavy atom. The summed E-state index contributed by atoms with van der Waals surface area (Å²) in [4.78, 5) is 37.3. The predicted molar refractivity (Wildman–Crippen MR) is 121 cm³/mol. The molecule has 0 radical (unpaired) electrons. The molecule has 1 aromatic heterocycles. The highest BCUT2D eigenvalue weighted by molar-refractivity contribution is 5.89. The monoisotopic (exact) mass is 468 g/mol. The minimum atomic E-state index is -1.26. The highest BCUT2D eigenvalue weighted by Gasteiger charge is 2.30. The molecule has 1 amide bonds. The SMILES string of the molecule is N#Cc1ccc(NCC2CCC(NCC(=O)N3CCC[C@H]3C#N)C2)nc1.O=C(O)/C=C/C(=O)O. The summed E-state index contributed by atoms with van der Waals surface area (Å²) >= 11 is 0. The van der Waals surface area contributed by atoms with Crippen LogP contribution in [0.25, 0.3) is 0 Å². The number of rotatable bonds is 8. The minimum absolute atomic E-state index is 0.0393. The van der Waals surface area contributed by atoms with Gasteiger partial charge in [0, 0.05) is 37.5 Å². The molecule has 2 fully saturated rings. The summed E-state index contributed by atoms with van der Waals surface area (Å²) in [5.74, 6) is -1.15. The van der Waals surface area contributed by atoms with Gasteiger partial charge in [-0.05, 0) is 50.2 Å². The molecule has 34 heavy (non-hydrogen) atoms. The van der Waals surface area contributed by atoms with Crippen molar-refractivity contribution in [2.75, 3.05) is 25.0 Å². The molecule has 3 rings (SSSR count). The molecule has 4 N–H and O–H groups in total. The number of anilines is 1. The maximum atomic E-state index is 12.3. The molecule has 3 atom stereocenters. The van der Waals surface area contributed by atoms with E-state index >= 15 is 0 Å². The second-order valence-corrected chi connectivity index (χ2v) is 8.07. The van der Waals surface area contributed by atoms with Crippen LogP contribution >= 0.6 is 0 Å². The van der Waals surface area contributed by atoms with Crippen LogP contribution in [0.15, 0.2) is 30.5 Å². The first-order chi connectivity index (χ1) is 16.3. The van der Waals surface area contributed by atoms with E-state index in [4.69, 9.17) is 20.7 Å². The lowest BCUT2D eigenvalue weighted by Crippen LogP contribution is -2.43. The summed E-state index contributed by atoms with van der Waals surface area (Å²) in [6.07, 6.45) is 7.60. The van der Waals surface area contributed by atoms with Crippen LogP contribution in [-0.2, 0) is 14.4 Å². The first kappa shape index (κ1) is 26.3. The van der Waals surface area contributed by atoms with Crippen LogP contribution in [0.3, 0.4) is 0 Å². The van der Waals surface area contributed by atoms with Crippen molar-refractivity contribution in [1.29, 1.82) is 10.5 Å². The first-order valence-corrected chi connectivity index (χ1v) is 11.0. The molecule has 180 valence electrons. The van der Waals surface area contributed by atoms with E-state index in [1.807, 2.05) is 6.07 Å². The van der Waals surface area contributed by atoms with Crippen LogP contribution in [0, 0.1) is 28.6 Å². The Morgan fingerprint density at radius 2 is 1.88 bits per heavy atom. The lowest BCUT2D eigenvalue weighted by Gasteiger charge is -2.21. The van der Waals surface area contributed by atoms with Crippen molar-refractivity contribution >= 4 is 23.7 Å². The molecule has 1 aliphatic carbocycles. The molecule has 0 bridgehead atoms. The lowest BCUT2D eigenvalue weighted by molar-refractivity contribution is -0.134. The highest BCUT2D eigenvalue weighted by Crippen LogP contribution is 2.26. The standard InChI is InChI=1S/C19H24N6O.C4H4O4/c20-9-15-4-6-18(24-12-15)23-11-14-3-5-16(8-14)22-13-19(26)25-7-1-2-17(25)10-21;5-3(6)1-2-4(7)8/h4,6,12,14,16-17,22H,1-3,5,7-8,11,13H2,(H,23,24);1-2H,(H,5,6)(H,7,8)/b;2-1+/t14?,16?,17-;/m0./s1. The number of likely N-dealkylation sites (tertiary alicyclic amines) is 1. The van der Waals surface area contributed by atoms with E-state index in [1.165, 1.54) is 0 Å². The number of pyridine rings is 1. The van der Waals surface area contributed by atoms with E-state index in [0.717, 1.165) is 44.5 Å². The average Bonchev–Trinajstić information content (AvgIpc) is 3.50. The summed E-state index contributed by atoms with van der Waals surface area (Å²) < 4.78 is 0. The fourth-order valence-corrected chi connectivity index (χ4v) is 3.93. The van der Waals surface area contributed by atoms with E-state index in [2.05, 4.69) is 27.8 Å². The van der Waals surface area contributed by atoms with Crippen LogP contribution in [0.1, 0.15) is 37.7 Å². The van der Waals surface area contributed by atoms with E-state index in [-0.39, 0.29) is 11.9 Å². The van der Waals surface area contributed by atoms with Gasteiger partial charge in [0.2, 0.25) is 5.91 Å². The smallest absolute Gasteiger partial charge is 0.328 e. The Balaban J connectivity index is 0.000000440. The van der Waals surface area contributed by atoms with Gasteiger partial charge in [0.05, 0.1) is 18.2 Å². The lowest BCUT2D eigenvalue weighted by atomic mass is 10.1. The third-order valence-corrected chi connectivity index (χ3v) is 5.64. The van der Waals surface area contributed by atoms with Gasteiger partial charge in [-0.25, -0.2) is 14.6 Å². The molecule has 0 aromatic carbocycles. The van der Waals surface area contributed by atoms with Gasteiger partial charge in [-0.15, -0.1) is 0 Å². The predicted octanol–water partition coefficient (Wildman–Crippen LogP) is 1.35. The zero-order chi connectivity index (χ0) is 24.9. The number of nitriles is 2. The second-order valence-electron chi connectivity index (χ2n) is 8.07. The van der Waals surface area contributed by atoms with Crippen LogP contribution in [0.2, 0.25) is 0 Å². The van der Waals surface area contributed by atoms with E-state index in [1.54, 1.807) is 17.2 Å². The molecule has 2 unspecified atom stereocenters. The van der Waals surface area contributed by atoms with Gasteiger partial charge in [-0.1, -0.05) is 0 Å². The molecule has 1 aliphatic heterocycles. The molecular formula is C23H28N6O5. The van der Waals surface area contributed by atoms with Crippen molar-refractivity contribution in [1.82, 2.24) is 15.2 Å². The average molecular weight is 469 g/mol. The summed E-state index contributed by atoms with van der Waals surface area (Å²) in [5, 5.41) is 40.2. The molecular weight excluding hydrogens is 440 g/mol. The normalized spacial score (nSPS) is 21.2. The zero-order valence-corrected chi connectivity index (χ0v) is 18.7. The molecule has 1 saturated heterocycles. The third-order valence-electron chi connectivity index (χ3n) is 5.64. The number of carbonyl (C=O) groups is 3. The number of hydrogen-bond donors (Lipinski definition) is 4. The molecule has 0 spiro atoms. The maximum absolute atomic E-state index is 12.3. The van der Waals surface area contributed by atoms with Crippen molar-refractivity contribution in [3.63, 3.8) is 0 Å². The summed E-state index contributed by atoms with van der Waals surface area (Å²) in [5.41, 5.74) is 0.557. The molecule has 11 heteroatoms. The maximum Gasteiger partial charge on any atom is 0.328 e. The van der Waals surface area contributed by atoms with Crippen molar-refractivity contribution in [2.45, 2.75) is 44.2 Å². The van der Waals surface area contributed by atoms with Crippen molar-refractivity contribution in [2.24, 2.45) is 5.92 Å². The van der Waals surface area contributed by atoms with Gasteiger partial charge in [0.15, 0.2) is 0 Å². The van der Waals surface area contributed by atoms with Gasteiger partial charge < -0.3 is 25.7 Å². The van der Waals surface area contributed by atoms with Gasteiger partial charge in [-0.3, -0.25) is 4.79 Å². The highest BCUT2D eigenvalue weighted by atomic mass is 16.4. The number of carboxylic acids is 2. The number of nitrogens with one attached hydrogen (secondary N) is 2. The Morgan fingerprint density at radius 1 is 1.15 bits per heavy atom. The van der Waals surface area contributed by atoms with Crippen LogP contribution in [0.4, 0.5) is 5.82 Å². The Kier molecular flexibility index (Phi) is 10.5. The third kappa shape index (κ3) is 8.88.